The first-order chi connectivity index (χ1) is 10.6. The summed E-state index contributed by atoms with van der Waals surface area (Å²) in [6.07, 6.45) is 3.43. The Hall–Kier alpha value is -1.71. The van der Waals surface area contributed by atoms with Crippen LogP contribution in [0.25, 0.3) is 0 Å². The average molecular weight is 335 g/mol. The molecule has 1 aliphatic carbocycles. The quantitative estimate of drug-likeness (QED) is 0.831. The van der Waals surface area contributed by atoms with Gasteiger partial charge in [0.2, 0.25) is 0 Å². The Morgan fingerprint density at radius 2 is 1.82 bits per heavy atom. The van der Waals surface area contributed by atoms with Gasteiger partial charge in [0.05, 0.1) is 10.0 Å². The predicted octanol–water partition coefficient (Wildman–Crippen LogP) is 4.80. The van der Waals surface area contributed by atoms with Gasteiger partial charge in [-0.2, -0.15) is 0 Å². The van der Waals surface area contributed by atoms with Crippen LogP contribution in [0.2, 0.25) is 10.0 Å². The second kappa shape index (κ2) is 6.59. The summed E-state index contributed by atoms with van der Waals surface area (Å²) in [5, 5.41) is 6.66. The number of hydrogen-bond acceptors (Lipinski definition) is 1. The highest BCUT2D eigenvalue weighted by Gasteiger charge is 2.11. The number of rotatable bonds is 3. The van der Waals surface area contributed by atoms with E-state index in [2.05, 4.69) is 22.8 Å². The van der Waals surface area contributed by atoms with Crippen molar-refractivity contribution < 1.29 is 4.79 Å². The molecule has 0 saturated heterocycles. The maximum Gasteiger partial charge on any atom is 0.319 e. The molecule has 114 valence electrons. The average Bonchev–Trinajstić information content (AvgIpc) is 2.96. The molecule has 0 unspecified atom stereocenters. The summed E-state index contributed by atoms with van der Waals surface area (Å²) in [6.45, 7) is 0.396. The zero-order valence-electron chi connectivity index (χ0n) is 12.0. The molecule has 2 N–H and O–H groups in total. The summed E-state index contributed by atoms with van der Waals surface area (Å²) in [5.41, 5.74) is 4.45. The maximum atomic E-state index is 12.0. The molecule has 0 saturated carbocycles. The molecule has 0 spiro atoms. The number of halogens is 2. The Morgan fingerprint density at radius 1 is 1.00 bits per heavy atom. The second-order valence-electron chi connectivity index (χ2n) is 5.39. The van der Waals surface area contributed by atoms with Crippen molar-refractivity contribution >= 4 is 34.9 Å². The lowest BCUT2D eigenvalue weighted by atomic mass is 10.1. The van der Waals surface area contributed by atoms with E-state index in [4.69, 9.17) is 23.2 Å². The van der Waals surface area contributed by atoms with Gasteiger partial charge in [-0.3, -0.25) is 0 Å². The Balaban J connectivity index is 1.57. The van der Waals surface area contributed by atoms with Crippen LogP contribution in [0.5, 0.6) is 0 Å². The monoisotopic (exact) mass is 334 g/mol. The minimum atomic E-state index is -0.232. The van der Waals surface area contributed by atoms with E-state index in [-0.39, 0.29) is 6.03 Å². The van der Waals surface area contributed by atoms with Crippen LogP contribution >= 0.6 is 23.2 Å². The zero-order valence-corrected chi connectivity index (χ0v) is 13.5. The van der Waals surface area contributed by atoms with E-state index < -0.39 is 0 Å². The fourth-order valence-electron chi connectivity index (χ4n) is 2.66. The van der Waals surface area contributed by atoms with Crippen LogP contribution in [0, 0.1) is 0 Å². The molecule has 2 aromatic rings. The molecule has 22 heavy (non-hydrogen) atoms. The Labute approximate surface area is 139 Å². The Kier molecular flexibility index (Phi) is 4.55. The van der Waals surface area contributed by atoms with Crippen LogP contribution in [-0.2, 0) is 19.4 Å². The van der Waals surface area contributed by atoms with Crippen molar-refractivity contribution in [2.75, 3.05) is 5.32 Å². The van der Waals surface area contributed by atoms with Gasteiger partial charge in [0.15, 0.2) is 0 Å². The van der Waals surface area contributed by atoms with E-state index in [0.717, 1.165) is 24.1 Å². The van der Waals surface area contributed by atoms with Gasteiger partial charge in [0.25, 0.3) is 0 Å². The maximum absolute atomic E-state index is 12.0. The molecular formula is C17H16Cl2N2O. The van der Waals surface area contributed by atoms with Crippen LogP contribution in [0.1, 0.15) is 23.1 Å². The SMILES string of the molecule is O=C(NCc1ccc(Cl)c(Cl)c1)Nc1ccc2c(c1)CCC2. The molecule has 0 heterocycles. The molecule has 0 radical (unpaired) electrons. The minimum Gasteiger partial charge on any atom is -0.334 e. The highest BCUT2D eigenvalue weighted by molar-refractivity contribution is 6.42. The van der Waals surface area contributed by atoms with Crippen LogP contribution < -0.4 is 10.6 Å². The van der Waals surface area contributed by atoms with Gasteiger partial charge in [-0.05, 0) is 60.2 Å². The van der Waals surface area contributed by atoms with E-state index in [1.807, 2.05) is 12.1 Å². The van der Waals surface area contributed by atoms with Crippen molar-refractivity contribution in [2.24, 2.45) is 0 Å². The van der Waals surface area contributed by atoms with E-state index in [1.165, 1.54) is 17.5 Å². The second-order valence-corrected chi connectivity index (χ2v) is 6.21. The molecular weight excluding hydrogens is 319 g/mol. The lowest BCUT2D eigenvalue weighted by molar-refractivity contribution is 0.251. The van der Waals surface area contributed by atoms with Crippen molar-refractivity contribution in [1.29, 1.82) is 0 Å². The van der Waals surface area contributed by atoms with E-state index in [1.54, 1.807) is 12.1 Å². The molecule has 0 atom stereocenters. The molecule has 1 aliphatic rings. The summed E-state index contributed by atoms with van der Waals surface area (Å²) in [4.78, 5) is 12.0. The molecule has 5 heteroatoms. The number of benzene rings is 2. The smallest absolute Gasteiger partial charge is 0.319 e. The number of urea groups is 1. The third kappa shape index (κ3) is 3.54. The number of carbonyl (C=O) groups is 1. The molecule has 0 fully saturated rings. The zero-order chi connectivity index (χ0) is 15.5. The first-order valence-electron chi connectivity index (χ1n) is 7.22. The van der Waals surface area contributed by atoms with Crippen LogP contribution in [0.4, 0.5) is 10.5 Å². The van der Waals surface area contributed by atoms with E-state index >= 15 is 0 Å². The standard InChI is InChI=1S/C17H16Cl2N2O/c18-15-7-4-11(8-16(15)19)10-20-17(22)21-14-6-5-12-2-1-3-13(12)9-14/h4-9H,1-3,10H2,(H2,20,21,22). The van der Waals surface area contributed by atoms with Gasteiger partial charge in [-0.15, -0.1) is 0 Å². The first-order valence-corrected chi connectivity index (χ1v) is 7.98. The fraction of sp³-hybridized carbons (Fsp3) is 0.235. The first kappa shape index (κ1) is 15.2. The van der Waals surface area contributed by atoms with Crippen LogP contribution in [0.3, 0.4) is 0 Å². The number of nitrogens with one attached hydrogen (secondary N) is 2. The normalized spacial score (nSPS) is 12.8. The Bertz CT molecular complexity index is 716. The van der Waals surface area contributed by atoms with Gasteiger partial charge in [-0.25, -0.2) is 4.79 Å². The van der Waals surface area contributed by atoms with Crippen molar-refractivity contribution in [3.05, 3.63) is 63.1 Å². The molecule has 0 aromatic heterocycles. The number of carbonyl (C=O) groups excluding carboxylic acids is 1. The van der Waals surface area contributed by atoms with Gasteiger partial charge in [0.1, 0.15) is 0 Å². The van der Waals surface area contributed by atoms with Crippen molar-refractivity contribution in [3.63, 3.8) is 0 Å². The fourth-order valence-corrected chi connectivity index (χ4v) is 2.98. The molecule has 0 bridgehead atoms. The number of amides is 2. The number of aryl methyl sites for hydroxylation is 2. The molecule has 3 rings (SSSR count). The van der Waals surface area contributed by atoms with Crippen LogP contribution in [0.15, 0.2) is 36.4 Å². The summed E-state index contributed by atoms with van der Waals surface area (Å²) >= 11 is 11.8. The number of fused-ring (bicyclic) bond motifs is 1. The van der Waals surface area contributed by atoms with E-state index in [0.29, 0.717) is 16.6 Å². The summed E-state index contributed by atoms with van der Waals surface area (Å²) < 4.78 is 0. The minimum absolute atomic E-state index is 0.232. The Morgan fingerprint density at radius 3 is 2.64 bits per heavy atom. The summed E-state index contributed by atoms with van der Waals surface area (Å²) in [7, 11) is 0. The highest BCUT2D eigenvalue weighted by atomic mass is 35.5. The largest absolute Gasteiger partial charge is 0.334 e. The summed E-state index contributed by atoms with van der Waals surface area (Å²) in [6, 6.07) is 11.2. The van der Waals surface area contributed by atoms with Gasteiger partial charge in [0, 0.05) is 12.2 Å². The number of hydrogen-bond donors (Lipinski definition) is 2. The van der Waals surface area contributed by atoms with Gasteiger partial charge >= 0.3 is 6.03 Å². The summed E-state index contributed by atoms with van der Waals surface area (Å²) in [5.74, 6) is 0. The van der Waals surface area contributed by atoms with Crippen molar-refractivity contribution in [3.8, 4) is 0 Å². The lowest BCUT2D eigenvalue weighted by Gasteiger charge is -2.09. The third-order valence-electron chi connectivity index (χ3n) is 3.79. The van der Waals surface area contributed by atoms with Gasteiger partial charge < -0.3 is 10.6 Å². The molecule has 2 aromatic carbocycles. The molecule has 0 aliphatic heterocycles. The van der Waals surface area contributed by atoms with Gasteiger partial charge in [-0.1, -0.05) is 35.3 Å². The highest BCUT2D eigenvalue weighted by Crippen LogP contribution is 2.25. The molecule has 3 nitrogen and oxygen atoms in total. The molecule has 2 amide bonds. The van der Waals surface area contributed by atoms with Crippen molar-refractivity contribution in [2.45, 2.75) is 25.8 Å². The van der Waals surface area contributed by atoms with Crippen LogP contribution in [-0.4, -0.2) is 6.03 Å². The van der Waals surface area contributed by atoms with E-state index in [9.17, 15) is 4.79 Å². The predicted molar refractivity (Wildman–Crippen MR) is 90.8 cm³/mol. The lowest BCUT2D eigenvalue weighted by Crippen LogP contribution is -2.28. The topological polar surface area (TPSA) is 41.1 Å². The third-order valence-corrected chi connectivity index (χ3v) is 4.53. The van der Waals surface area contributed by atoms with Crippen molar-refractivity contribution in [1.82, 2.24) is 5.32 Å². The number of anilines is 1.